The topological polar surface area (TPSA) is 108 Å². The fourth-order valence-corrected chi connectivity index (χ4v) is 4.52. The van der Waals surface area contributed by atoms with Gasteiger partial charge in [0.15, 0.2) is 28.8 Å². The van der Waals surface area contributed by atoms with Gasteiger partial charge in [-0.1, -0.05) is 0 Å². The van der Waals surface area contributed by atoms with E-state index in [9.17, 15) is 9.59 Å². The molecule has 0 saturated heterocycles. The van der Waals surface area contributed by atoms with E-state index in [1.54, 1.807) is 28.8 Å². The van der Waals surface area contributed by atoms with Crippen LogP contribution in [0.2, 0.25) is 0 Å². The standard InChI is InChI=1S/C24H24N2O7.ClH/c1-30-17-8-13-16(11-18(17)31-2)24(29)26(6-3-4-25-5-7-27)22-14-9-19-20(33-12-32-19)10-15(14)23(28)21(13)22;/h8-11,25,27H,3-7,12H2,1-2H3;1H. The number of pyridine rings is 1. The van der Waals surface area contributed by atoms with Crippen LogP contribution in [-0.4, -0.2) is 56.2 Å². The van der Waals surface area contributed by atoms with E-state index in [4.69, 9.17) is 24.1 Å². The van der Waals surface area contributed by atoms with Crippen molar-refractivity contribution in [3.63, 3.8) is 0 Å². The molecule has 180 valence electrons. The third kappa shape index (κ3) is 3.66. The summed E-state index contributed by atoms with van der Waals surface area (Å²) >= 11 is 0. The van der Waals surface area contributed by atoms with Gasteiger partial charge >= 0.3 is 0 Å². The zero-order valence-electron chi connectivity index (χ0n) is 18.8. The molecule has 2 aromatic carbocycles. The van der Waals surface area contributed by atoms with Gasteiger partial charge in [0, 0.05) is 29.6 Å². The zero-order chi connectivity index (χ0) is 23.1. The van der Waals surface area contributed by atoms with Crippen molar-refractivity contribution in [3.05, 3.63) is 45.7 Å². The molecule has 0 amide bonds. The van der Waals surface area contributed by atoms with Crippen LogP contribution in [0.5, 0.6) is 23.0 Å². The summed E-state index contributed by atoms with van der Waals surface area (Å²) in [7, 11) is 3.02. The van der Waals surface area contributed by atoms with Gasteiger partial charge in [-0.25, -0.2) is 0 Å². The Balaban J connectivity index is 0.00000274. The maximum absolute atomic E-state index is 13.7. The smallest absolute Gasteiger partial charge is 0.259 e. The average molecular weight is 489 g/mol. The third-order valence-electron chi connectivity index (χ3n) is 6.04. The highest BCUT2D eigenvalue weighted by atomic mass is 35.5. The van der Waals surface area contributed by atoms with Crippen LogP contribution in [0.4, 0.5) is 0 Å². The first kappa shape index (κ1) is 23.9. The molecule has 0 fully saturated rings. The summed E-state index contributed by atoms with van der Waals surface area (Å²) in [5.74, 6) is 1.74. The Labute approximate surface area is 201 Å². The number of halogens is 1. The Bertz CT molecular complexity index is 1340. The molecule has 2 aliphatic rings. The number of aliphatic hydroxyl groups excluding tert-OH is 1. The maximum Gasteiger partial charge on any atom is 0.259 e. The normalized spacial score (nSPS) is 13.0. The highest BCUT2D eigenvalue weighted by Crippen LogP contribution is 2.46. The van der Waals surface area contributed by atoms with E-state index < -0.39 is 0 Å². The molecule has 3 aromatic rings. The number of ketones is 1. The Morgan fingerprint density at radius 1 is 0.971 bits per heavy atom. The Morgan fingerprint density at radius 2 is 1.62 bits per heavy atom. The predicted octanol–water partition coefficient (Wildman–Crippen LogP) is 2.35. The molecular weight excluding hydrogens is 464 g/mol. The first-order valence-corrected chi connectivity index (χ1v) is 10.7. The first-order chi connectivity index (χ1) is 16.1. The molecule has 1 aliphatic heterocycles. The van der Waals surface area contributed by atoms with Crippen molar-refractivity contribution in [2.75, 3.05) is 40.7 Å². The number of hydrogen-bond acceptors (Lipinski definition) is 8. The lowest BCUT2D eigenvalue weighted by molar-refractivity contribution is 0.104. The van der Waals surface area contributed by atoms with E-state index >= 15 is 0 Å². The SMILES string of the molecule is COc1cc2c3c(n(CCCNCCO)c(=O)c2cc1OC)-c1cc2c(cc1C3=O)OCO2.Cl. The Morgan fingerprint density at radius 3 is 2.26 bits per heavy atom. The minimum Gasteiger partial charge on any atom is -0.493 e. The van der Waals surface area contributed by atoms with Crippen molar-refractivity contribution in [3.8, 4) is 34.3 Å². The van der Waals surface area contributed by atoms with Gasteiger partial charge in [-0.3, -0.25) is 9.59 Å². The highest BCUT2D eigenvalue weighted by molar-refractivity contribution is 6.27. The van der Waals surface area contributed by atoms with Crippen LogP contribution in [0.25, 0.3) is 22.0 Å². The van der Waals surface area contributed by atoms with Gasteiger partial charge in [-0.05, 0) is 37.2 Å². The lowest BCUT2D eigenvalue weighted by Gasteiger charge is -2.17. The predicted molar refractivity (Wildman–Crippen MR) is 128 cm³/mol. The second-order valence-corrected chi connectivity index (χ2v) is 7.84. The lowest BCUT2D eigenvalue weighted by Crippen LogP contribution is -2.26. The van der Waals surface area contributed by atoms with Crippen LogP contribution in [0, 0.1) is 0 Å². The molecule has 2 heterocycles. The van der Waals surface area contributed by atoms with Gasteiger partial charge in [-0.2, -0.15) is 0 Å². The molecule has 34 heavy (non-hydrogen) atoms. The van der Waals surface area contributed by atoms with Crippen LogP contribution in [0.3, 0.4) is 0 Å². The second kappa shape index (κ2) is 9.54. The van der Waals surface area contributed by atoms with E-state index in [0.29, 0.717) is 82.2 Å². The van der Waals surface area contributed by atoms with Gasteiger partial charge in [0.1, 0.15) is 0 Å². The summed E-state index contributed by atoms with van der Waals surface area (Å²) in [6, 6.07) is 6.77. The number of carbonyl (C=O) groups is 1. The molecule has 2 N–H and O–H groups in total. The quantitative estimate of drug-likeness (QED) is 0.364. The fourth-order valence-electron chi connectivity index (χ4n) is 4.52. The van der Waals surface area contributed by atoms with Crippen LogP contribution < -0.4 is 29.8 Å². The molecule has 9 nitrogen and oxygen atoms in total. The number of methoxy groups -OCH3 is 2. The molecular formula is C24H25ClN2O7. The molecule has 5 rings (SSSR count). The van der Waals surface area contributed by atoms with E-state index in [1.807, 2.05) is 0 Å². The van der Waals surface area contributed by atoms with Gasteiger partial charge in [0.25, 0.3) is 5.56 Å². The van der Waals surface area contributed by atoms with Crippen LogP contribution in [0.1, 0.15) is 22.3 Å². The van der Waals surface area contributed by atoms with Crippen LogP contribution in [-0.2, 0) is 6.54 Å². The lowest BCUT2D eigenvalue weighted by atomic mass is 10.0. The van der Waals surface area contributed by atoms with Crippen molar-refractivity contribution in [1.82, 2.24) is 9.88 Å². The molecule has 0 radical (unpaired) electrons. The van der Waals surface area contributed by atoms with Crippen LogP contribution in [0.15, 0.2) is 29.1 Å². The maximum atomic E-state index is 13.7. The molecule has 0 spiro atoms. The van der Waals surface area contributed by atoms with Gasteiger partial charge < -0.3 is 33.9 Å². The van der Waals surface area contributed by atoms with Crippen molar-refractivity contribution >= 4 is 29.0 Å². The summed E-state index contributed by atoms with van der Waals surface area (Å²) in [5, 5.41) is 13.0. The highest BCUT2D eigenvalue weighted by Gasteiger charge is 2.35. The number of fused-ring (bicyclic) bond motifs is 6. The van der Waals surface area contributed by atoms with Crippen LogP contribution >= 0.6 is 12.4 Å². The van der Waals surface area contributed by atoms with E-state index in [1.165, 1.54) is 14.2 Å². The Hall–Kier alpha value is -3.27. The molecule has 1 aliphatic carbocycles. The minimum atomic E-state index is -0.217. The van der Waals surface area contributed by atoms with Crippen molar-refractivity contribution in [2.45, 2.75) is 13.0 Å². The second-order valence-electron chi connectivity index (χ2n) is 7.84. The summed E-state index contributed by atoms with van der Waals surface area (Å²) in [6.45, 7) is 1.63. The summed E-state index contributed by atoms with van der Waals surface area (Å²) in [4.78, 5) is 27.3. The first-order valence-electron chi connectivity index (χ1n) is 10.7. The third-order valence-corrected chi connectivity index (χ3v) is 6.04. The van der Waals surface area contributed by atoms with E-state index in [0.717, 1.165) is 0 Å². The number of nitrogens with one attached hydrogen (secondary N) is 1. The molecule has 0 bridgehead atoms. The largest absolute Gasteiger partial charge is 0.493 e. The zero-order valence-corrected chi connectivity index (χ0v) is 19.6. The Kier molecular flexibility index (Phi) is 6.70. The summed E-state index contributed by atoms with van der Waals surface area (Å²) in [6.07, 6.45) is 0.638. The van der Waals surface area contributed by atoms with E-state index in [-0.39, 0.29) is 37.1 Å². The summed E-state index contributed by atoms with van der Waals surface area (Å²) < 4.78 is 23.5. The number of carbonyl (C=O) groups excluding carboxylic acids is 1. The molecule has 0 unspecified atom stereocenters. The van der Waals surface area contributed by atoms with Gasteiger partial charge in [0.2, 0.25) is 6.79 Å². The number of ether oxygens (including phenoxy) is 4. The molecule has 0 atom stereocenters. The minimum absolute atomic E-state index is 0. The summed E-state index contributed by atoms with van der Waals surface area (Å²) in [5.41, 5.74) is 1.93. The van der Waals surface area contributed by atoms with Gasteiger partial charge in [-0.15, -0.1) is 12.4 Å². The molecule has 0 saturated carbocycles. The number of aromatic nitrogens is 1. The number of nitrogens with zero attached hydrogens (tertiary/aromatic N) is 1. The molecule has 10 heteroatoms. The van der Waals surface area contributed by atoms with E-state index in [2.05, 4.69) is 5.32 Å². The van der Waals surface area contributed by atoms with Crippen molar-refractivity contribution < 1.29 is 28.8 Å². The fraction of sp³-hybridized carbons (Fsp3) is 0.333. The molecule has 1 aromatic heterocycles. The number of hydrogen-bond donors (Lipinski definition) is 2. The monoisotopic (exact) mass is 488 g/mol. The average Bonchev–Trinajstić information content (AvgIpc) is 3.40. The van der Waals surface area contributed by atoms with Crippen molar-refractivity contribution in [2.24, 2.45) is 0 Å². The number of benzene rings is 2. The number of aliphatic hydroxyl groups is 1. The van der Waals surface area contributed by atoms with Crippen molar-refractivity contribution in [1.29, 1.82) is 0 Å². The van der Waals surface area contributed by atoms with Gasteiger partial charge in [0.05, 0.1) is 37.5 Å². The number of rotatable bonds is 8.